The number of hydrogen-bond donors (Lipinski definition) is 0. The molecule has 0 aliphatic carbocycles. The zero-order valence-electron chi connectivity index (χ0n) is 8.13. The van der Waals surface area contributed by atoms with Gasteiger partial charge in [-0.15, -0.1) is 5.10 Å². The summed E-state index contributed by atoms with van der Waals surface area (Å²) in [5.41, 5.74) is 0.0745. The third-order valence-corrected chi connectivity index (χ3v) is 3.37. The van der Waals surface area contributed by atoms with Crippen LogP contribution in [0.3, 0.4) is 0 Å². The molecule has 1 rings (SSSR count). The molecule has 0 spiro atoms. The molecule has 0 aromatic carbocycles. The summed E-state index contributed by atoms with van der Waals surface area (Å²) in [5.74, 6) is -0.527. The first-order valence-electron chi connectivity index (χ1n) is 3.92. The molecule has 7 heteroatoms. The zero-order chi connectivity index (χ0) is 10.9. The molecule has 0 aliphatic rings. The Labute approximate surface area is 81.8 Å². The first-order chi connectivity index (χ1) is 6.32. The first kappa shape index (κ1) is 10.8. The van der Waals surface area contributed by atoms with Gasteiger partial charge in [-0.1, -0.05) is 5.21 Å². The van der Waals surface area contributed by atoms with Crippen molar-refractivity contribution in [3.63, 3.8) is 0 Å². The highest BCUT2D eigenvalue weighted by Crippen LogP contribution is 2.05. The minimum absolute atomic E-state index is 0.0745. The Balaban J connectivity index is 2.98. The lowest BCUT2D eigenvalue weighted by atomic mass is 10.2. The van der Waals surface area contributed by atoms with E-state index in [2.05, 4.69) is 10.3 Å². The maximum absolute atomic E-state index is 11.5. The molecule has 0 bridgehead atoms. The van der Waals surface area contributed by atoms with E-state index in [4.69, 9.17) is 0 Å². The summed E-state index contributed by atoms with van der Waals surface area (Å²) in [6, 6.07) is 0. The van der Waals surface area contributed by atoms with Crippen LogP contribution in [0.1, 0.15) is 17.4 Å². The van der Waals surface area contributed by atoms with Gasteiger partial charge in [0.1, 0.15) is 10.9 Å². The van der Waals surface area contributed by atoms with E-state index in [-0.39, 0.29) is 5.69 Å². The quantitative estimate of drug-likeness (QED) is 0.633. The number of sulfone groups is 1. The molecule has 14 heavy (non-hydrogen) atoms. The topological polar surface area (TPSA) is 81.9 Å². The van der Waals surface area contributed by atoms with Crippen LogP contribution in [0.25, 0.3) is 0 Å². The van der Waals surface area contributed by atoms with Gasteiger partial charge in [0.25, 0.3) is 0 Å². The Kier molecular flexibility index (Phi) is 2.70. The fourth-order valence-corrected chi connectivity index (χ4v) is 1.37. The number of ketones is 1. The van der Waals surface area contributed by atoms with Crippen LogP contribution < -0.4 is 0 Å². The molecule has 0 radical (unpaired) electrons. The van der Waals surface area contributed by atoms with E-state index in [9.17, 15) is 13.2 Å². The Morgan fingerprint density at radius 1 is 1.57 bits per heavy atom. The Morgan fingerprint density at radius 2 is 2.14 bits per heavy atom. The lowest BCUT2D eigenvalue weighted by molar-refractivity contribution is 0.0987. The van der Waals surface area contributed by atoms with Crippen LogP contribution in [0.15, 0.2) is 6.20 Å². The molecule has 0 aliphatic heterocycles. The van der Waals surface area contributed by atoms with Crippen LogP contribution in [0.2, 0.25) is 0 Å². The van der Waals surface area contributed by atoms with E-state index in [1.165, 1.54) is 17.8 Å². The molecular formula is C7H11N3O3S. The lowest BCUT2D eigenvalue weighted by Gasteiger charge is -2.04. The fourth-order valence-electron chi connectivity index (χ4n) is 0.863. The number of nitrogens with zero attached hydrogens (tertiary/aromatic N) is 3. The summed E-state index contributed by atoms with van der Waals surface area (Å²) in [6.07, 6.45) is 2.41. The van der Waals surface area contributed by atoms with Crippen LogP contribution in [0, 0.1) is 0 Å². The largest absolute Gasteiger partial charge is 0.291 e. The minimum Gasteiger partial charge on any atom is -0.291 e. The van der Waals surface area contributed by atoms with E-state index in [1.54, 1.807) is 7.05 Å². The van der Waals surface area contributed by atoms with Crippen LogP contribution in [-0.2, 0) is 16.9 Å². The van der Waals surface area contributed by atoms with Crippen molar-refractivity contribution in [3.8, 4) is 0 Å². The van der Waals surface area contributed by atoms with Crippen LogP contribution in [0.5, 0.6) is 0 Å². The maximum Gasteiger partial charge on any atom is 0.202 e. The zero-order valence-corrected chi connectivity index (χ0v) is 8.95. The van der Waals surface area contributed by atoms with Gasteiger partial charge in [0.15, 0.2) is 9.84 Å². The Morgan fingerprint density at radius 3 is 2.50 bits per heavy atom. The summed E-state index contributed by atoms with van der Waals surface area (Å²) in [4.78, 5) is 11.5. The number of carbonyl (C=O) groups excluding carboxylic acids is 1. The third-order valence-electron chi connectivity index (χ3n) is 1.87. The van der Waals surface area contributed by atoms with Gasteiger partial charge in [-0.2, -0.15) is 0 Å². The van der Waals surface area contributed by atoms with E-state index >= 15 is 0 Å². The van der Waals surface area contributed by atoms with Gasteiger partial charge in [0.2, 0.25) is 5.78 Å². The van der Waals surface area contributed by atoms with Crippen molar-refractivity contribution in [2.75, 3.05) is 6.26 Å². The summed E-state index contributed by atoms with van der Waals surface area (Å²) in [7, 11) is -1.76. The van der Waals surface area contributed by atoms with Gasteiger partial charge >= 0.3 is 0 Å². The number of rotatable bonds is 3. The van der Waals surface area contributed by atoms with Crippen molar-refractivity contribution in [1.29, 1.82) is 0 Å². The fraction of sp³-hybridized carbons (Fsp3) is 0.571. The number of aromatic nitrogens is 3. The standard InChI is InChI=1S/C7H11N3O3S/c1-5(14(3,12)13)7(11)6-4-10(2)9-8-6/h4-5H,1-3H3. The van der Waals surface area contributed by atoms with Gasteiger partial charge < -0.3 is 0 Å². The average Bonchev–Trinajstić information content (AvgIpc) is 2.47. The Bertz CT molecular complexity index is 449. The van der Waals surface area contributed by atoms with Crippen molar-refractivity contribution in [3.05, 3.63) is 11.9 Å². The SMILES string of the molecule is CC(C(=O)c1cn(C)nn1)S(C)(=O)=O. The van der Waals surface area contributed by atoms with Gasteiger partial charge in [0.05, 0.1) is 6.20 Å². The molecule has 0 saturated heterocycles. The van der Waals surface area contributed by atoms with Crippen LogP contribution in [0.4, 0.5) is 0 Å². The summed E-state index contributed by atoms with van der Waals surface area (Å²) < 4.78 is 23.5. The third kappa shape index (κ3) is 2.16. The first-order valence-corrected chi connectivity index (χ1v) is 5.87. The number of Topliss-reactive ketones (excluding diaryl/α,β-unsaturated/α-hetero) is 1. The summed E-state index contributed by atoms with van der Waals surface area (Å²) in [6.45, 7) is 1.34. The van der Waals surface area contributed by atoms with E-state index < -0.39 is 20.9 Å². The predicted octanol–water partition coefficient (Wildman–Crippen LogP) is -0.569. The summed E-state index contributed by atoms with van der Waals surface area (Å²) in [5, 5.41) is 6.03. The molecule has 1 aromatic rings. The molecule has 1 aromatic heterocycles. The highest BCUT2D eigenvalue weighted by molar-refractivity contribution is 7.92. The summed E-state index contributed by atoms with van der Waals surface area (Å²) >= 11 is 0. The van der Waals surface area contributed by atoms with Gasteiger partial charge in [-0.25, -0.2) is 8.42 Å². The molecule has 1 heterocycles. The molecular weight excluding hydrogens is 206 g/mol. The molecule has 78 valence electrons. The molecule has 0 saturated carbocycles. The van der Waals surface area contributed by atoms with E-state index in [0.29, 0.717) is 0 Å². The van der Waals surface area contributed by atoms with E-state index in [1.807, 2.05) is 0 Å². The normalized spacial score (nSPS) is 13.9. The van der Waals surface area contributed by atoms with E-state index in [0.717, 1.165) is 6.26 Å². The Hall–Kier alpha value is -1.24. The molecule has 1 unspecified atom stereocenters. The second-order valence-corrected chi connectivity index (χ2v) is 5.48. The molecule has 0 fully saturated rings. The van der Waals surface area contributed by atoms with Crippen molar-refractivity contribution in [2.24, 2.45) is 7.05 Å². The molecule has 0 N–H and O–H groups in total. The van der Waals surface area contributed by atoms with Crippen molar-refractivity contribution < 1.29 is 13.2 Å². The second-order valence-electron chi connectivity index (χ2n) is 3.11. The molecule has 6 nitrogen and oxygen atoms in total. The second kappa shape index (κ2) is 3.49. The number of aryl methyl sites for hydroxylation is 1. The van der Waals surface area contributed by atoms with Crippen LogP contribution >= 0.6 is 0 Å². The lowest BCUT2D eigenvalue weighted by Crippen LogP contribution is -2.26. The average molecular weight is 217 g/mol. The van der Waals surface area contributed by atoms with Gasteiger partial charge in [0, 0.05) is 13.3 Å². The van der Waals surface area contributed by atoms with Crippen molar-refractivity contribution >= 4 is 15.6 Å². The highest BCUT2D eigenvalue weighted by Gasteiger charge is 2.26. The number of carbonyl (C=O) groups is 1. The molecule has 1 atom stereocenters. The predicted molar refractivity (Wildman–Crippen MR) is 49.6 cm³/mol. The van der Waals surface area contributed by atoms with Crippen LogP contribution in [-0.4, -0.2) is 40.7 Å². The maximum atomic E-state index is 11.5. The number of hydrogen-bond acceptors (Lipinski definition) is 5. The smallest absolute Gasteiger partial charge is 0.202 e. The highest BCUT2D eigenvalue weighted by atomic mass is 32.2. The monoisotopic (exact) mass is 217 g/mol. The molecule has 0 amide bonds. The van der Waals surface area contributed by atoms with Crippen molar-refractivity contribution in [2.45, 2.75) is 12.2 Å². The van der Waals surface area contributed by atoms with Gasteiger partial charge in [-0.3, -0.25) is 9.48 Å². The minimum atomic E-state index is -3.37. The van der Waals surface area contributed by atoms with Gasteiger partial charge in [-0.05, 0) is 6.92 Å². The van der Waals surface area contributed by atoms with Crippen molar-refractivity contribution in [1.82, 2.24) is 15.0 Å².